The summed E-state index contributed by atoms with van der Waals surface area (Å²) >= 11 is 5.71. The van der Waals surface area contributed by atoms with Crippen LogP contribution in [0.3, 0.4) is 0 Å². The van der Waals surface area contributed by atoms with Gasteiger partial charge in [0.1, 0.15) is 5.82 Å². The van der Waals surface area contributed by atoms with Gasteiger partial charge in [-0.2, -0.15) is 0 Å². The van der Waals surface area contributed by atoms with Crippen molar-refractivity contribution in [2.24, 2.45) is 0 Å². The summed E-state index contributed by atoms with van der Waals surface area (Å²) < 4.78 is 13.0. The van der Waals surface area contributed by atoms with Gasteiger partial charge in [0.05, 0.1) is 11.3 Å². The van der Waals surface area contributed by atoms with Crippen molar-refractivity contribution in [1.82, 2.24) is 0 Å². The SMILES string of the molecule is O=C(Nc1ccc(Cl)cc1C(=O)O)c1cccc(F)c1. The fraction of sp³-hybridized carbons (Fsp3) is 0. The Hall–Kier alpha value is -2.40. The van der Waals surface area contributed by atoms with Crippen molar-refractivity contribution >= 4 is 29.2 Å². The number of rotatable bonds is 3. The van der Waals surface area contributed by atoms with Gasteiger partial charge < -0.3 is 10.4 Å². The number of carboxylic acids is 1. The van der Waals surface area contributed by atoms with Crippen LogP contribution in [0.15, 0.2) is 42.5 Å². The second-order valence-electron chi connectivity index (χ2n) is 3.96. The van der Waals surface area contributed by atoms with E-state index >= 15 is 0 Å². The molecule has 4 nitrogen and oxygen atoms in total. The lowest BCUT2D eigenvalue weighted by atomic mass is 10.1. The Morgan fingerprint density at radius 3 is 2.55 bits per heavy atom. The number of carbonyl (C=O) groups is 2. The minimum absolute atomic E-state index is 0.0937. The van der Waals surface area contributed by atoms with Crippen LogP contribution < -0.4 is 5.32 Å². The van der Waals surface area contributed by atoms with Crippen LogP contribution in [0.2, 0.25) is 5.02 Å². The van der Waals surface area contributed by atoms with Gasteiger partial charge in [-0.25, -0.2) is 9.18 Å². The summed E-state index contributed by atoms with van der Waals surface area (Å²) in [6.45, 7) is 0. The fourth-order valence-electron chi connectivity index (χ4n) is 1.63. The van der Waals surface area contributed by atoms with Crippen LogP contribution in [0.1, 0.15) is 20.7 Å². The number of anilines is 1. The molecule has 2 aromatic carbocycles. The molecular weight excluding hydrogens is 285 g/mol. The summed E-state index contributed by atoms with van der Waals surface area (Å²) in [5.74, 6) is -2.37. The zero-order chi connectivity index (χ0) is 14.7. The van der Waals surface area contributed by atoms with Crippen molar-refractivity contribution in [3.8, 4) is 0 Å². The molecule has 0 unspecified atom stereocenters. The third kappa shape index (κ3) is 3.13. The van der Waals surface area contributed by atoms with Crippen LogP contribution >= 0.6 is 11.6 Å². The molecule has 2 rings (SSSR count). The summed E-state index contributed by atoms with van der Waals surface area (Å²) in [6, 6.07) is 9.15. The molecule has 6 heteroatoms. The minimum Gasteiger partial charge on any atom is -0.478 e. The highest BCUT2D eigenvalue weighted by Gasteiger charge is 2.14. The van der Waals surface area contributed by atoms with Gasteiger partial charge in [-0.05, 0) is 36.4 Å². The van der Waals surface area contributed by atoms with E-state index in [9.17, 15) is 14.0 Å². The van der Waals surface area contributed by atoms with Crippen molar-refractivity contribution in [3.05, 3.63) is 64.4 Å². The molecule has 1 amide bonds. The molecule has 0 saturated heterocycles. The minimum atomic E-state index is -1.22. The lowest BCUT2D eigenvalue weighted by Gasteiger charge is -2.09. The number of nitrogens with one attached hydrogen (secondary N) is 1. The molecule has 0 aliphatic carbocycles. The summed E-state index contributed by atoms with van der Waals surface area (Å²) in [5.41, 5.74) is 0.0507. The smallest absolute Gasteiger partial charge is 0.337 e. The van der Waals surface area contributed by atoms with E-state index < -0.39 is 17.7 Å². The lowest BCUT2D eigenvalue weighted by Crippen LogP contribution is -2.15. The second-order valence-corrected chi connectivity index (χ2v) is 4.40. The van der Waals surface area contributed by atoms with E-state index in [1.54, 1.807) is 0 Å². The molecule has 0 saturated carbocycles. The average Bonchev–Trinajstić information content (AvgIpc) is 2.40. The summed E-state index contributed by atoms with van der Waals surface area (Å²) in [7, 11) is 0. The monoisotopic (exact) mass is 293 g/mol. The van der Waals surface area contributed by atoms with Crippen molar-refractivity contribution in [2.75, 3.05) is 5.32 Å². The summed E-state index contributed by atoms with van der Waals surface area (Å²) in [5, 5.41) is 11.7. The predicted molar refractivity (Wildman–Crippen MR) is 72.8 cm³/mol. The van der Waals surface area contributed by atoms with E-state index in [0.717, 1.165) is 6.07 Å². The standard InChI is InChI=1S/C14H9ClFNO3/c15-9-4-5-12(11(7-9)14(19)20)17-13(18)8-2-1-3-10(16)6-8/h1-7H,(H,17,18)(H,19,20). The molecule has 0 aliphatic heterocycles. The van der Waals surface area contributed by atoms with Crippen LogP contribution in [0, 0.1) is 5.82 Å². The van der Waals surface area contributed by atoms with Gasteiger partial charge in [-0.15, -0.1) is 0 Å². The Morgan fingerprint density at radius 2 is 1.90 bits per heavy atom. The molecule has 0 aromatic heterocycles. The summed E-state index contributed by atoms with van der Waals surface area (Å²) in [4.78, 5) is 23.0. The number of aromatic carboxylic acids is 1. The van der Waals surface area contributed by atoms with Crippen LogP contribution in [0.5, 0.6) is 0 Å². The van der Waals surface area contributed by atoms with E-state index in [4.69, 9.17) is 16.7 Å². The molecule has 2 aromatic rings. The topological polar surface area (TPSA) is 66.4 Å². The first-order chi connectivity index (χ1) is 9.47. The van der Waals surface area contributed by atoms with Gasteiger partial charge in [0.25, 0.3) is 5.91 Å². The first kappa shape index (κ1) is 14.0. The van der Waals surface area contributed by atoms with Crippen molar-refractivity contribution in [1.29, 1.82) is 0 Å². The third-order valence-corrected chi connectivity index (χ3v) is 2.78. The fourth-order valence-corrected chi connectivity index (χ4v) is 1.80. The van der Waals surface area contributed by atoms with Crippen molar-refractivity contribution in [3.63, 3.8) is 0 Å². The predicted octanol–water partition coefficient (Wildman–Crippen LogP) is 3.43. The maximum absolute atomic E-state index is 13.0. The average molecular weight is 294 g/mol. The Bertz CT molecular complexity index is 688. The quantitative estimate of drug-likeness (QED) is 0.911. The van der Waals surface area contributed by atoms with E-state index in [2.05, 4.69) is 5.32 Å². The molecule has 2 N–H and O–H groups in total. The zero-order valence-electron chi connectivity index (χ0n) is 10.1. The van der Waals surface area contributed by atoms with Crippen LogP contribution in [0.25, 0.3) is 0 Å². The van der Waals surface area contributed by atoms with Crippen molar-refractivity contribution in [2.45, 2.75) is 0 Å². The number of benzene rings is 2. The van der Waals surface area contributed by atoms with Crippen LogP contribution in [0.4, 0.5) is 10.1 Å². The Kier molecular flexibility index (Phi) is 4.00. The molecule has 0 spiro atoms. The first-order valence-electron chi connectivity index (χ1n) is 5.57. The Morgan fingerprint density at radius 1 is 1.15 bits per heavy atom. The molecule has 0 radical (unpaired) electrons. The van der Waals surface area contributed by atoms with Gasteiger partial charge in [0, 0.05) is 10.6 Å². The molecule has 0 fully saturated rings. The number of halogens is 2. The van der Waals surface area contributed by atoms with Gasteiger partial charge >= 0.3 is 5.97 Å². The van der Waals surface area contributed by atoms with E-state index in [1.165, 1.54) is 36.4 Å². The molecule has 0 bridgehead atoms. The van der Waals surface area contributed by atoms with Gasteiger partial charge in [0.2, 0.25) is 0 Å². The van der Waals surface area contributed by atoms with E-state index in [-0.39, 0.29) is 21.8 Å². The van der Waals surface area contributed by atoms with Gasteiger partial charge in [-0.1, -0.05) is 17.7 Å². The highest BCUT2D eigenvalue weighted by molar-refractivity contribution is 6.31. The van der Waals surface area contributed by atoms with Crippen LogP contribution in [-0.2, 0) is 0 Å². The number of amides is 1. The molecule has 20 heavy (non-hydrogen) atoms. The number of carboxylic acid groups (broad SMARTS) is 1. The maximum Gasteiger partial charge on any atom is 0.337 e. The third-order valence-electron chi connectivity index (χ3n) is 2.55. The first-order valence-corrected chi connectivity index (χ1v) is 5.95. The largest absolute Gasteiger partial charge is 0.478 e. The highest BCUT2D eigenvalue weighted by atomic mass is 35.5. The van der Waals surface area contributed by atoms with Gasteiger partial charge in [0.15, 0.2) is 0 Å². The highest BCUT2D eigenvalue weighted by Crippen LogP contribution is 2.21. The summed E-state index contributed by atoms with van der Waals surface area (Å²) in [6.07, 6.45) is 0. The van der Waals surface area contributed by atoms with Crippen molar-refractivity contribution < 1.29 is 19.1 Å². The Balaban J connectivity index is 2.30. The lowest BCUT2D eigenvalue weighted by molar-refractivity contribution is 0.0698. The molecular formula is C14H9ClFNO3. The molecule has 0 heterocycles. The zero-order valence-corrected chi connectivity index (χ0v) is 10.8. The molecule has 0 atom stereocenters. The molecule has 102 valence electrons. The number of hydrogen-bond acceptors (Lipinski definition) is 2. The van der Waals surface area contributed by atoms with Gasteiger partial charge in [-0.3, -0.25) is 4.79 Å². The maximum atomic E-state index is 13.0. The Labute approximate surface area is 118 Å². The van der Waals surface area contributed by atoms with E-state index in [1.807, 2.05) is 0 Å². The number of carbonyl (C=O) groups excluding carboxylic acids is 1. The van der Waals surface area contributed by atoms with Crippen LogP contribution in [-0.4, -0.2) is 17.0 Å². The normalized spacial score (nSPS) is 10.1. The number of hydrogen-bond donors (Lipinski definition) is 2. The molecule has 0 aliphatic rings. The second kappa shape index (κ2) is 5.71. The van der Waals surface area contributed by atoms with E-state index in [0.29, 0.717) is 0 Å².